The van der Waals surface area contributed by atoms with E-state index < -0.39 is 5.54 Å². The lowest BCUT2D eigenvalue weighted by molar-refractivity contribution is -0.0222. The van der Waals surface area contributed by atoms with E-state index in [4.69, 9.17) is 19.4 Å². The molecule has 114 valence electrons. The van der Waals surface area contributed by atoms with Crippen LogP contribution in [0.1, 0.15) is 44.7 Å². The minimum absolute atomic E-state index is 0.330. The molecule has 1 atom stereocenters. The van der Waals surface area contributed by atoms with Gasteiger partial charge >= 0.3 is 0 Å². The number of nitrogens with zero attached hydrogens (tertiary/aromatic N) is 2. The Morgan fingerprint density at radius 1 is 1.43 bits per heavy atom. The first-order valence-electron chi connectivity index (χ1n) is 7.42. The van der Waals surface area contributed by atoms with E-state index in [1.165, 1.54) is 6.42 Å². The smallest absolute Gasteiger partial charge is 0.293 e. The van der Waals surface area contributed by atoms with Crippen LogP contribution in [0.15, 0.2) is 21.1 Å². The Balaban J connectivity index is 1.70. The zero-order valence-corrected chi connectivity index (χ0v) is 12.5. The number of aryl methyl sites for hydroxylation is 1. The summed E-state index contributed by atoms with van der Waals surface area (Å²) in [6, 6.07) is 3.73. The topological polar surface area (TPSA) is 87.3 Å². The van der Waals surface area contributed by atoms with Gasteiger partial charge in [0.2, 0.25) is 0 Å². The maximum atomic E-state index is 6.25. The third kappa shape index (κ3) is 3.01. The summed E-state index contributed by atoms with van der Waals surface area (Å²) in [6.07, 6.45) is 4.61. The van der Waals surface area contributed by atoms with Crippen molar-refractivity contribution < 1.29 is 13.7 Å². The van der Waals surface area contributed by atoms with E-state index in [0.29, 0.717) is 30.2 Å². The molecule has 2 N–H and O–H groups in total. The molecule has 21 heavy (non-hydrogen) atoms. The van der Waals surface area contributed by atoms with Gasteiger partial charge in [0.05, 0.1) is 12.7 Å². The quantitative estimate of drug-likeness (QED) is 0.880. The molecular weight excluding hydrogens is 270 g/mol. The zero-order valence-electron chi connectivity index (χ0n) is 12.5. The number of hydrogen-bond donors (Lipinski definition) is 1. The predicted octanol–water partition coefficient (Wildman–Crippen LogP) is 2.64. The molecule has 2 aromatic rings. The van der Waals surface area contributed by atoms with Crippen molar-refractivity contribution in [2.75, 3.05) is 6.61 Å². The van der Waals surface area contributed by atoms with Crippen molar-refractivity contribution in [3.8, 4) is 11.7 Å². The van der Waals surface area contributed by atoms with Crippen molar-refractivity contribution in [3.63, 3.8) is 0 Å². The summed E-state index contributed by atoms with van der Waals surface area (Å²) in [4.78, 5) is 4.35. The lowest BCUT2D eigenvalue weighted by Crippen LogP contribution is -2.41. The summed E-state index contributed by atoms with van der Waals surface area (Å²) in [7, 11) is 0. The van der Waals surface area contributed by atoms with E-state index >= 15 is 0 Å². The van der Waals surface area contributed by atoms with Crippen LogP contribution in [0.2, 0.25) is 0 Å². The van der Waals surface area contributed by atoms with E-state index in [-0.39, 0.29) is 0 Å². The van der Waals surface area contributed by atoms with Gasteiger partial charge in [-0.3, -0.25) is 0 Å². The van der Waals surface area contributed by atoms with Crippen LogP contribution < -0.4 is 5.73 Å². The predicted molar refractivity (Wildman–Crippen MR) is 76.5 cm³/mol. The number of rotatable bonds is 6. The van der Waals surface area contributed by atoms with Gasteiger partial charge in [0.15, 0.2) is 11.6 Å². The molecular formula is C15H21N3O3. The average molecular weight is 291 g/mol. The Morgan fingerprint density at radius 2 is 2.24 bits per heavy atom. The van der Waals surface area contributed by atoms with Crippen LogP contribution in [0.3, 0.4) is 0 Å². The van der Waals surface area contributed by atoms with Crippen molar-refractivity contribution in [2.45, 2.75) is 51.2 Å². The van der Waals surface area contributed by atoms with E-state index in [1.54, 1.807) is 0 Å². The third-order valence-electron chi connectivity index (χ3n) is 3.83. The first kappa shape index (κ1) is 14.3. The van der Waals surface area contributed by atoms with Gasteiger partial charge in [-0.15, -0.1) is 0 Å². The van der Waals surface area contributed by atoms with Crippen molar-refractivity contribution in [2.24, 2.45) is 5.73 Å². The summed E-state index contributed by atoms with van der Waals surface area (Å²) in [6.45, 7) is 4.26. The van der Waals surface area contributed by atoms with Crippen LogP contribution >= 0.6 is 0 Å². The maximum absolute atomic E-state index is 6.25. The highest BCUT2D eigenvalue weighted by atomic mass is 16.5. The molecule has 3 rings (SSSR count). The average Bonchev–Trinajstić information content (AvgIpc) is 3.05. The minimum atomic E-state index is -0.766. The van der Waals surface area contributed by atoms with Gasteiger partial charge in [0, 0.05) is 6.42 Å². The second kappa shape index (κ2) is 5.61. The highest BCUT2D eigenvalue weighted by Gasteiger charge is 2.31. The number of ether oxygens (including phenoxy) is 1. The number of furan rings is 1. The third-order valence-corrected chi connectivity index (χ3v) is 3.83. The fourth-order valence-corrected chi connectivity index (χ4v) is 2.13. The van der Waals surface area contributed by atoms with E-state index in [1.807, 2.05) is 26.0 Å². The van der Waals surface area contributed by atoms with Crippen LogP contribution in [-0.2, 0) is 16.7 Å². The molecule has 6 nitrogen and oxygen atoms in total. The molecule has 0 spiro atoms. The van der Waals surface area contributed by atoms with E-state index in [9.17, 15) is 0 Å². The lowest BCUT2D eigenvalue weighted by Gasteiger charge is -2.29. The Kier molecular flexibility index (Phi) is 3.82. The maximum Gasteiger partial charge on any atom is 0.293 e. The second-order valence-electron chi connectivity index (χ2n) is 5.82. The fourth-order valence-electron chi connectivity index (χ4n) is 2.13. The molecule has 1 aliphatic carbocycles. The molecule has 1 unspecified atom stereocenters. The van der Waals surface area contributed by atoms with Gasteiger partial charge in [-0.05, 0) is 38.3 Å². The lowest BCUT2D eigenvalue weighted by atomic mass is 9.95. The normalized spacial score (nSPS) is 18.4. The fraction of sp³-hybridized carbons (Fsp3) is 0.600. The van der Waals surface area contributed by atoms with Crippen molar-refractivity contribution >= 4 is 0 Å². The molecule has 1 aliphatic rings. The van der Waals surface area contributed by atoms with E-state index in [0.717, 1.165) is 25.0 Å². The van der Waals surface area contributed by atoms with Gasteiger partial charge in [0.1, 0.15) is 11.3 Å². The van der Waals surface area contributed by atoms with Gasteiger partial charge < -0.3 is 19.4 Å². The monoisotopic (exact) mass is 291 g/mol. The van der Waals surface area contributed by atoms with Crippen molar-refractivity contribution in [1.82, 2.24) is 10.1 Å². The first-order valence-corrected chi connectivity index (χ1v) is 7.42. The van der Waals surface area contributed by atoms with Crippen molar-refractivity contribution in [3.05, 3.63) is 23.7 Å². The zero-order chi connectivity index (χ0) is 14.9. The number of aromatic nitrogens is 2. The Bertz CT molecular complexity index is 599. The van der Waals surface area contributed by atoms with Gasteiger partial charge in [-0.25, -0.2) is 0 Å². The van der Waals surface area contributed by atoms with E-state index in [2.05, 4.69) is 10.1 Å². The first-order chi connectivity index (χ1) is 10.1. The highest BCUT2D eigenvalue weighted by molar-refractivity contribution is 5.44. The standard InChI is InChI=1S/C15H21N3O3/c1-3-10-7-8-12(20-10)13-17-14(18-21-13)15(2,16)9-19-11-5-4-6-11/h7-8,11H,3-6,9,16H2,1-2H3. The highest BCUT2D eigenvalue weighted by Crippen LogP contribution is 2.26. The molecule has 2 heterocycles. The summed E-state index contributed by atoms with van der Waals surface area (Å²) in [5.41, 5.74) is 5.48. The van der Waals surface area contributed by atoms with Crippen LogP contribution in [0.4, 0.5) is 0 Å². The summed E-state index contributed by atoms with van der Waals surface area (Å²) in [5, 5.41) is 3.97. The molecule has 2 aromatic heterocycles. The molecule has 0 amide bonds. The molecule has 1 saturated carbocycles. The molecule has 0 aliphatic heterocycles. The number of nitrogens with two attached hydrogens (primary N) is 1. The Labute approximate surface area is 123 Å². The molecule has 0 saturated heterocycles. The van der Waals surface area contributed by atoms with Gasteiger partial charge in [-0.1, -0.05) is 12.1 Å². The van der Waals surface area contributed by atoms with Crippen LogP contribution in [0.25, 0.3) is 11.7 Å². The SMILES string of the molecule is CCc1ccc(-c2nc(C(C)(N)COC3CCC3)no2)o1. The van der Waals surface area contributed by atoms with Gasteiger partial charge in [-0.2, -0.15) is 4.98 Å². The van der Waals surface area contributed by atoms with Gasteiger partial charge in [0.25, 0.3) is 5.89 Å². The van der Waals surface area contributed by atoms with Crippen LogP contribution in [-0.4, -0.2) is 22.9 Å². The molecule has 6 heteroatoms. The second-order valence-corrected chi connectivity index (χ2v) is 5.82. The van der Waals surface area contributed by atoms with Crippen LogP contribution in [0.5, 0.6) is 0 Å². The number of hydrogen-bond acceptors (Lipinski definition) is 6. The molecule has 0 bridgehead atoms. The summed E-state index contributed by atoms with van der Waals surface area (Å²) in [5.74, 6) is 2.24. The molecule has 1 fully saturated rings. The van der Waals surface area contributed by atoms with Crippen molar-refractivity contribution in [1.29, 1.82) is 0 Å². The minimum Gasteiger partial charge on any atom is -0.456 e. The largest absolute Gasteiger partial charge is 0.456 e. The summed E-state index contributed by atoms with van der Waals surface area (Å²) >= 11 is 0. The Hall–Kier alpha value is -1.66. The van der Waals surface area contributed by atoms with Crippen LogP contribution in [0, 0.1) is 0 Å². The summed E-state index contributed by atoms with van der Waals surface area (Å²) < 4.78 is 16.6. The Morgan fingerprint density at radius 3 is 2.86 bits per heavy atom. The molecule has 0 aromatic carbocycles. The molecule has 0 radical (unpaired) electrons.